The van der Waals surface area contributed by atoms with Gasteiger partial charge in [-0.05, 0) is 115 Å². The highest BCUT2D eigenvalue weighted by molar-refractivity contribution is 5.97. The molecular weight excluding hydrogens is 762 g/mol. The van der Waals surface area contributed by atoms with Crippen molar-refractivity contribution in [1.82, 2.24) is 5.32 Å². The molecule has 0 aliphatic rings. The second-order valence-electron chi connectivity index (χ2n) is 13.9. The summed E-state index contributed by atoms with van der Waals surface area (Å²) in [5.41, 5.74) is -0.0735. The predicted octanol–water partition coefficient (Wildman–Crippen LogP) is 14.3. The van der Waals surface area contributed by atoms with Crippen LogP contribution in [0.5, 0.6) is 5.75 Å². The number of carbonyl (C=O) groups is 3. The summed E-state index contributed by atoms with van der Waals surface area (Å²) in [5.74, 6) is -2.04. The molecule has 0 fully saturated rings. The van der Waals surface area contributed by atoms with Gasteiger partial charge in [0.1, 0.15) is 11.6 Å². The van der Waals surface area contributed by atoms with Crippen LogP contribution >= 0.6 is 0 Å². The van der Waals surface area contributed by atoms with E-state index in [1.807, 2.05) is 24.3 Å². The van der Waals surface area contributed by atoms with Gasteiger partial charge in [0.15, 0.2) is 0 Å². The normalized spacial score (nSPS) is 12.8. The SMILES string of the molecule is CC/C=C\C/C=C\C/C=C\C/C=C\C/C=C\C/C=C\CCC(=O)OCCCNC(=O)c1cc(F)ccc1OC(=O)CC/C=C\C/C=C\C/C=C\C/C=C\C/C=C\C/C=C\CC. The van der Waals surface area contributed by atoms with Crippen molar-refractivity contribution >= 4 is 17.8 Å². The second kappa shape index (κ2) is 41.2. The number of nitrogens with one attached hydrogen (secondary N) is 1. The molecule has 0 atom stereocenters. The number of rotatable bonds is 34. The smallest absolute Gasteiger partial charge is 0.311 e. The third-order valence-electron chi connectivity index (χ3n) is 8.50. The molecule has 1 aromatic rings. The molecule has 0 aliphatic carbocycles. The van der Waals surface area contributed by atoms with Crippen LogP contribution in [0.25, 0.3) is 0 Å². The van der Waals surface area contributed by atoms with E-state index in [2.05, 4.69) is 141 Å². The highest BCUT2D eigenvalue weighted by Crippen LogP contribution is 2.21. The fourth-order valence-electron chi connectivity index (χ4n) is 5.25. The molecule has 330 valence electrons. The van der Waals surface area contributed by atoms with Crippen LogP contribution < -0.4 is 10.1 Å². The Bertz CT molecular complexity index is 1700. The minimum absolute atomic E-state index is 0.00696. The largest absolute Gasteiger partial charge is 0.466 e. The van der Waals surface area contributed by atoms with Gasteiger partial charge in [-0.3, -0.25) is 14.4 Å². The van der Waals surface area contributed by atoms with Crippen LogP contribution in [0.2, 0.25) is 0 Å². The molecule has 1 amide bonds. The van der Waals surface area contributed by atoms with Gasteiger partial charge in [0.25, 0.3) is 5.91 Å². The Balaban J connectivity index is 2.19. The molecule has 1 aromatic carbocycles. The standard InChI is InChI=1S/C54H72FNO5/c1-3-5-7-9-11-13-15-17-19-21-23-25-27-29-31-33-35-37-39-42-52(57)60-47-41-46-56-54(59)50-48-49(55)44-45-51(50)61-53(58)43-40-38-36-34-32-30-28-26-24-22-20-18-16-14-12-10-8-6-4-2/h5-8,11-14,17-20,23-26,29-32,35-38,44-45,48H,3-4,9-10,15-16,21-22,27-28,33-34,39-43,46-47H2,1-2H3,(H,56,59)/b7-5-,8-6-,13-11-,14-12-,19-17-,20-18-,25-23-,26-24-,31-29-,32-30-,37-35-,38-36-. The minimum atomic E-state index is -0.622. The summed E-state index contributed by atoms with van der Waals surface area (Å²) in [7, 11) is 0. The lowest BCUT2D eigenvalue weighted by atomic mass is 10.1. The lowest BCUT2D eigenvalue weighted by Gasteiger charge is -2.11. The summed E-state index contributed by atoms with van der Waals surface area (Å²) in [4.78, 5) is 37.4. The van der Waals surface area contributed by atoms with E-state index in [0.717, 1.165) is 89.2 Å². The zero-order valence-corrected chi connectivity index (χ0v) is 36.9. The van der Waals surface area contributed by atoms with E-state index in [4.69, 9.17) is 9.47 Å². The number of allylic oxidation sites excluding steroid dienone is 24. The summed E-state index contributed by atoms with van der Waals surface area (Å²) in [6.45, 7) is 4.62. The molecule has 61 heavy (non-hydrogen) atoms. The number of esters is 2. The second-order valence-corrected chi connectivity index (χ2v) is 13.9. The number of halogens is 1. The number of amides is 1. The van der Waals surface area contributed by atoms with E-state index in [-0.39, 0.29) is 43.3 Å². The quantitative estimate of drug-likeness (QED) is 0.0324. The molecule has 0 saturated carbocycles. The summed E-state index contributed by atoms with van der Waals surface area (Å²) in [5, 5.41) is 2.68. The molecule has 6 nitrogen and oxygen atoms in total. The maximum Gasteiger partial charge on any atom is 0.311 e. The maximum atomic E-state index is 14.0. The third kappa shape index (κ3) is 35.0. The van der Waals surface area contributed by atoms with Crippen LogP contribution in [-0.4, -0.2) is 31.0 Å². The zero-order chi connectivity index (χ0) is 44.1. The van der Waals surface area contributed by atoms with E-state index in [0.29, 0.717) is 19.3 Å². The molecule has 0 unspecified atom stereocenters. The first-order valence-electron chi connectivity index (χ1n) is 22.2. The summed E-state index contributed by atoms with van der Waals surface area (Å²) < 4.78 is 24.7. The van der Waals surface area contributed by atoms with Crippen LogP contribution in [0.3, 0.4) is 0 Å². The Morgan fingerprint density at radius 2 is 0.869 bits per heavy atom. The van der Waals surface area contributed by atoms with Crippen molar-refractivity contribution in [3.05, 3.63) is 175 Å². The number of hydrogen-bond donors (Lipinski definition) is 1. The number of hydrogen-bond acceptors (Lipinski definition) is 5. The fraction of sp³-hybridized carbons (Fsp3) is 0.389. The maximum absolute atomic E-state index is 14.0. The summed E-state index contributed by atoms with van der Waals surface area (Å²) >= 11 is 0. The molecular formula is C54H72FNO5. The highest BCUT2D eigenvalue weighted by Gasteiger charge is 2.16. The Morgan fingerprint density at radius 1 is 0.508 bits per heavy atom. The van der Waals surface area contributed by atoms with Gasteiger partial charge in [-0.15, -0.1) is 0 Å². The minimum Gasteiger partial charge on any atom is -0.466 e. The van der Waals surface area contributed by atoms with E-state index in [1.165, 1.54) is 6.07 Å². The average molecular weight is 834 g/mol. The molecule has 0 aromatic heterocycles. The number of benzene rings is 1. The van der Waals surface area contributed by atoms with Crippen LogP contribution in [-0.2, 0) is 14.3 Å². The molecule has 1 rings (SSSR count). The van der Waals surface area contributed by atoms with Crippen LogP contribution in [0.4, 0.5) is 4.39 Å². The average Bonchev–Trinajstić information content (AvgIpc) is 3.25. The van der Waals surface area contributed by atoms with Gasteiger partial charge in [0, 0.05) is 19.4 Å². The summed E-state index contributed by atoms with van der Waals surface area (Å²) in [6.07, 6.45) is 64.2. The zero-order valence-electron chi connectivity index (χ0n) is 36.9. The molecule has 0 saturated heterocycles. The molecule has 0 bridgehead atoms. The van der Waals surface area contributed by atoms with E-state index in [9.17, 15) is 18.8 Å². The number of ether oxygens (including phenoxy) is 2. The molecule has 1 N–H and O–H groups in total. The van der Waals surface area contributed by atoms with Gasteiger partial charge < -0.3 is 14.8 Å². The Kier molecular flexibility index (Phi) is 36.1. The first kappa shape index (κ1) is 53.5. The first-order valence-corrected chi connectivity index (χ1v) is 22.2. The van der Waals surface area contributed by atoms with Gasteiger partial charge in [-0.2, -0.15) is 0 Å². The third-order valence-corrected chi connectivity index (χ3v) is 8.50. The topological polar surface area (TPSA) is 81.7 Å². The molecule has 0 heterocycles. The summed E-state index contributed by atoms with van der Waals surface area (Å²) in [6, 6.07) is 3.46. The van der Waals surface area contributed by atoms with Crippen molar-refractivity contribution in [3.63, 3.8) is 0 Å². The van der Waals surface area contributed by atoms with E-state index < -0.39 is 17.7 Å². The lowest BCUT2D eigenvalue weighted by Crippen LogP contribution is -2.26. The van der Waals surface area contributed by atoms with Crippen molar-refractivity contribution < 1.29 is 28.2 Å². The van der Waals surface area contributed by atoms with Crippen molar-refractivity contribution in [3.8, 4) is 5.75 Å². The Hall–Kier alpha value is -5.56. The fourth-order valence-corrected chi connectivity index (χ4v) is 5.25. The molecule has 7 heteroatoms. The Morgan fingerprint density at radius 3 is 1.26 bits per heavy atom. The highest BCUT2D eigenvalue weighted by atomic mass is 19.1. The van der Waals surface area contributed by atoms with E-state index >= 15 is 0 Å². The van der Waals surface area contributed by atoms with Gasteiger partial charge in [-0.25, -0.2) is 4.39 Å². The van der Waals surface area contributed by atoms with Crippen LogP contribution in [0.1, 0.15) is 133 Å². The van der Waals surface area contributed by atoms with Gasteiger partial charge in [-0.1, -0.05) is 160 Å². The molecule has 0 aliphatic heterocycles. The lowest BCUT2D eigenvalue weighted by molar-refractivity contribution is -0.143. The van der Waals surface area contributed by atoms with Crippen molar-refractivity contribution in [2.45, 2.75) is 123 Å². The van der Waals surface area contributed by atoms with Crippen molar-refractivity contribution in [1.29, 1.82) is 0 Å². The molecule has 0 radical (unpaired) electrons. The van der Waals surface area contributed by atoms with Gasteiger partial charge >= 0.3 is 11.9 Å². The predicted molar refractivity (Wildman–Crippen MR) is 255 cm³/mol. The van der Waals surface area contributed by atoms with Crippen molar-refractivity contribution in [2.75, 3.05) is 13.2 Å². The molecule has 0 spiro atoms. The van der Waals surface area contributed by atoms with Crippen LogP contribution in [0.15, 0.2) is 164 Å². The first-order chi connectivity index (χ1) is 30.0. The number of carbonyl (C=O) groups excluding carboxylic acids is 3. The van der Waals surface area contributed by atoms with E-state index in [1.54, 1.807) is 0 Å². The van der Waals surface area contributed by atoms with Crippen molar-refractivity contribution in [2.24, 2.45) is 0 Å². The Labute approximate surface area is 367 Å². The monoisotopic (exact) mass is 834 g/mol. The van der Waals surface area contributed by atoms with Gasteiger partial charge in [0.2, 0.25) is 0 Å². The van der Waals surface area contributed by atoms with Gasteiger partial charge in [0.05, 0.1) is 12.2 Å². The van der Waals surface area contributed by atoms with Crippen LogP contribution in [0, 0.1) is 5.82 Å².